The minimum atomic E-state index is -4.27. The SMILES string of the molecule is CC(=O)Nc1ccc(CN(CCCO)CC(F)(F)F)cc1. The van der Waals surface area contributed by atoms with E-state index in [0.29, 0.717) is 17.7 Å². The maximum absolute atomic E-state index is 12.5. The van der Waals surface area contributed by atoms with Gasteiger partial charge in [-0.3, -0.25) is 9.69 Å². The molecule has 0 bridgehead atoms. The van der Waals surface area contributed by atoms with E-state index < -0.39 is 12.7 Å². The molecule has 0 saturated heterocycles. The Morgan fingerprint density at radius 3 is 2.38 bits per heavy atom. The summed E-state index contributed by atoms with van der Waals surface area (Å²) < 4.78 is 37.5. The van der Waals surface area contributed by atoms with Gasteiger partial charge in [-0.25, -0.2) is 0 Å². The van der Waals surface area contributed by atoms with Gasteiger partial charge in [-0.05, 0) is 24.1 Å². The third-order valence-electron chi connectivity index (χ3n) is 2.72. The molecule has 0 fully saturated rings. The fourth-order valence-electron chi connectivity index (χ4n) is 1.92. The van der Waals surface area contributed by atoms with Crippen molar-refractivity contribution in [2.45, 2.75) is 26.1 Å². The number of benzene rings is 1. The summed E-state index contributed by atoms with van der Waals surface area (Å²) in [5.74, 6) is -0.204. The fraction of sp³-hybridized carbons (Fsp3) is 0.500. The zero-order valence-electron chi connectivity index (χ0n) is 11.8. The number of halogens is 3. The average molecular weight is 304 g/mol. The first kappa shape index (κ1) is 17.5. The maximum atomic E-state index is 12.5. The van der Waals surface area contributed by atoms with Crippen molar-refractivity contribution in [3.8, 4) is 0 Å². The van der Waals surface area contributed by atoms with E-state index in [9.17, 15) is 18.0 Å². The van der Waals surface area contributed by atoms with Crippen molar-refractivity contribution < 1.29 is 23.1 Å². The van der Waals surface area contributed by atoms with Gasteiger partial charge in [0.05, 0.1) is 6.54 Å². The summed E-state index contributed by atoms with van der Waals surface area (Å²) in [6.45, 7) is 0.535. The molecular weight excluding hydrogens is 285 g/mol. The molecule has 4 nitrogen and oxygen atoms in total. The molecule has 2 N–H and O–H groups in total. The third-order valence-corrected chi connectivity index (χ3v) is 2.72. The van der Waals surface area contributed by atoms with Gasteiger partial charge in [0, 0.05) is 32.3 Å². The normalized spacial score (nSPS) is 11.7. The lowest BCUT2D eigenvalue weighted by Crippen LogP contribution is -2.34. The van der Waals surface area contributed by atoms with Crippen molar-refractivity contribution in [2.75, 3.05) is 25.0 Å². The summed E-state index contributed by atoms with van der Waals surface area (Å²) in [7, 11) is 0. The number of rotatable bonds is 7. The maximum Gasteiger partial charge on any atom is 0.401 e. The number of alkyl halides is 3. The van der Waals surface area contributed by atoms with Gasteiger partial charge >= 0.3 is 6.18 Å². The number of anilines is 1. The van der Waals surface area contributed by atoms with Gasteiger partial charge in [-0.2, -0.15) is 13.2 Å². The van der Waals surface area contributed by atoms with Crippen molar-refractivity contribution in [3.63, 3.8) is 0 Å². The molecule has 0 aromatic heterocycles. The van der Waals surface area contributed by atoms with Crippen LogP contribution in [0.2, 0.25) is 0 Å². The van der Waals surface area contributed by atoms with Crippen molar-refractivity contribution in [1.82, 2.24) is 4.90 Å². The zero-order valence-corrected chi connectivity index (χ0v) is 11.8. The summed E-state index contributed by atoms with van der Waals surface area (Å²) in [4.78, 5) is 12.1. The van der Waals surface area contributed by atoms with Gasteiger partial charge in [0.15, 0.2) is 0 Å². The van der Waals surface area contributed by atoms with E-state index >= 15 is 0 Å². The first-order valence-corrected chi connectivity index (χ1v) is 6.56. The Kier molecular flexibility index (Phi) is 6.64. The Bertz CT molecular complexity index is 447. The fourth-order valence-corrected chi connectivity index (χ4v) is 1.92. The van der Waals surface area contributed by atoms with Gasteiger partial charge in [0.1, 0.15) is 0 Å². The molecule has 0 radical (unpaired) electrons. The lowest BCUT2D eigenvalue weighted by Gasteiger charge is -2.23. The third kappa shape index (κ3) is 7.67. The van der Waals surface area contributed by atoms with E-state index in [0.717, 1.165) is 0 Å². The number of nitrogens with zero attached hydrogens (tertiary/aromatic N) is 1. The van der Waals surface area contributed by atoms with E-state index in [1.54, 1.807) is 24.3 Å². The van der Waals surface area contributed by atoms with Gasteiger partial charge in [0.2, 0.25) is 5.91 Å². The Balaban J connectivity index is 2.66. The smallest absolute Gasteiger partial charge is 0.396 e. The number of aliphatic hydroxyl groups is 1. The second kappa shape index (κ2) is 7.99. The molecule has 1 aromatic carbocycles. The van der Waals surface area contributed by atoms with Gasteiger partial charge in [-0.1, -0.05) is 12.1 Å². The van der Waals surface area contributed by atoms with Crippen LogP contribution in [0.1, 0.15) is 18.9 Å². The van der Waals surface area contributed by atoms with E-state index in [4.69, 9.17) is 5.11 Å². The average Bonchev–Trinajstić information content (AvgIpc) is 2.36. The Morgan fingerprint density at radius 1 is 1.29 bits per heavy atom. The van der Waals surface area contributed by atoms with Crippen LogP contribution in [-0.2, 0) is 11.3 Å². The van der Waals surface area contributed by atoms with E-state index in [1.807, 2.05) is 0 Å². The second-order valence-electron chi connectivity index (χ2n) is 4.78. The highest BCUT2D eigenvalue weighted by atomic mass is 19.4. The molecule has 0 heterocycles. The van der Waals surface area contributed by atoms with Crippen LogP contribution in [0.5, 0.6) is 0 Å². The Morgan fingerprint density at radius 2 is 1.90 bits per heavy atom. The molecule has 1 rings (SSSR count). The number of hydrogen-bond acceptors (Lipinski definition) is 3. The summed E-state index contributed by atoms with van der Waals surface area (Å²) in [6.07, 6.45) is -3.98. The topological polar surface area (TPSA) is 52.6 Å². The molecular formula is C14H19F3N2O2. The molecule has 0 aliphatic heterocycles. The van der Waals surface area contributed by atoms with Crippen LogP contribution < -0.4 is 5.32 Å². The summed E-state index contributed by atoms with van der Waals surface area (Å²) in [5, 5.41) is 11.3. The summed E-state index contributed by atoms with van der Waals surface area (Å²) in [5.41, 5.74) is 1.32. The van der Waals surface area contributed by atoms with Crippen molar-refractivity contribution in [3.05, 3.63) is 29.8 Å². The number of carbonyl (C=O) groups is 1. The highest BCUT2D eigenvalue weighted by Gasteiger charge is 2.30. The molecule has 0 saturated carbocycles. The monoisotopic (exact) mass is 304 g/mol. The molecule has 0 aliphatic carbocycles. The largest absolute Gasteiger partial charge is 0.401 e. The first-order valence-electron chi connectivity index (χ1n) is 6.56. The highest BCUT2D eigenvalue weighted by Crippen LogP contribution is 2.19. The molecule has 0 spiro atoms. The summed E-state index contributed by atoms with van der Waals surface area (Å²) >= 11 is 0. The molecule has 1 aromatic rings. The van der Waals surface area contributed by atoms with E-state index in [-0.39, 0.29) is 25.6 Å². The number of aliphatic hydroxyl groups excluding tert-OH is 1. The number of carbonyl (C=O) groups excluding carboxylic acids is 1. The quantitative estimate of drug-likeness (QED) is 0.813. The van der Waals surface area contributed by atoms with Crippen LogP contribution in [-0.4, -0.2) is 41.8 Å². The van der Waals surface area contributed by atoms with Crippen LogP contribution in [0.3, 0.4) is 0 Å². The van der Waals surface area contributed by atoms with Crippen LogP contribution in [0, 0.1) is 0 Å². The molecule has 0 atom stereocenters. The van der Waals surface area contributed by atoms with E-state index in [1.165, 1.54) is 11.8 Å². The van der Waals surface area contributed by atoms with Crippen LogP contribution in [0.4, 0.5) is 18.9 Å². The van der Waals surface area contributed by atoms with Crippen molar-refractivity contribution in [1.29, 1.82) is 0 Å². The van der Waals surface area contributed by atoms with Crippen molar-refractivity contribution >= 4 is 11.6 Å². The number of amides is 1. The minimum Gasteiger partial charge on any atom is -0.396 e. The number of nitrogens with one attached hydrogen (secondary N) is 1. The Labute approximate surface area is 121 Å². The van der Waals surface area contributed by atoms with Crippen LogP contribution in [0.15, 0.2) is 24.3 Å². The van der Waals surface area contributed by atoms with Crippen LogP contribution in [0.25, 0.3) is 0 Å². The number of hydrogen-bond donors (Lipinski definition) is 2. The van der Waals surface area contributed by atoms with Gasteiger partial charge in [0.25, 0.3) is 0 Å². The Hall–Kier alpha value is -1.60. The van der Waals surface area contributed by atoms with Crippen LogP contribution >= 0.6 is 0 Å². The van der Waals surface area contributed by atoms with Crippen molar-refractivity contribution in [2.24, 2.45) is 0 Å². The minimum absolute atomic E-state index is 0.139. The molecule has 118 valence electrons. The second-order valence-corrected chi connectivity index (χ2v) is 4.78. The molecule has 7 heteroatoms. The molecule has 1 amide bonds. The molecule has 0 unspecified atom stereocenters. The zero-order chi connectivity index (χ0) is 15.9. The molecule has 21 heavy (non-hydrogen) atoms. The molecule has 0 aliphatic rings. The van der Waals surface area contributed by atoms with E-state index in [2.05, 4.69) is 5.32 Å². The lowest BCUT2D eigenvalue weighted by atomic mass is 10.2. The summed E-state index contributed by atoms with van der Waals surface area (Å²) in [6, 6.07) is 6.64. The standard InChI is InChI=1S/C14H19F3N2O2/c1-11(21)18-13-5-3-12(4-6-13)9-19(7-2-8-20)10-14(15,16)17/h3-6,20H,2,7-10H2,1H3,(H,18,21). The lowest BCUT2D eigenvalue weighted by molar-refractivity contribution is -0.147. The highest BCUT2D eigenvalue weighted by molar-refractivity contribution is 5.88. The van der Waals surface area contributed by atoms with Gasteiger partial charge in [-0.15, -0.1) is 0 Å². The predicted molar refractivity (Wildman–Crippen MR) is 73.8 cm³/mol. The van der Waals surface area contributed by atoms with Gasteiger partial charge < -0.3 is 10.4 Å². The first-order chi connectivity index (χ1) is 9.80. The predicted octanol–water partition coefficient (Wildman–Crippen LogP) is 2.39.